The van der Waals surface area contributed by atoms with Gasteiger partial charge < -0.3 is 4.90 Å². The third-order valence-electron chi connectivity index (χ3n) is 6.58. The van der Waals surface area contributed by atoms with Gasteiger partial charge in [-0.1, -0.05) is 49.6 Å². The van der Waals surface area contributed by atoms with Gasteiger partial charge in [0.1, 0.15) is 0 Å². The molecule has 1 heterocycles. The highest BCUT2D eigenvalue weighted by molar-refractivity contribution is 7.89. The highest BCUT2D eigenvalue weighted by Crippen LogP contribution is 2.36. The molecule has 6 heteroatoms. The predicted octanol–water partition coefficient (Wildman–Crippen LogP) is 4.24. The molecule has 4 rings (SSSR count). The number of amides is 1. The molecule has 2 aliphatic rings. The molecule has 2 aromatic carbocycles. The Balaban J connectivity index is 1.53. The zero-order chi connectivity index (χ0) is 21.1. The van der Waals surface area contributed by atoms with Crippen molar-refractivity contribution in [3.05, 3.63) is 59.7 Å². The minimum atomic E-state index is -3.61. The van der Waals surface area contributed by atoms with Gasteiger partial charge in [-0.05, 0) is 54.5 Å². The molecule has 0 aromatic heterocycles. The van der Waals surface area contributed by atoms with E-state index in [1.807, 2.05) is 18.2 Å². The van der Waals surface area contributed by atoms with Crippen LogP contribution in [0, 0.1) is 5.92 Å². The molecule has 0 saturated heterocycles. The van der Waals surface area contributed by atoms with Gasteiger partial charge in [-0.2, -0.15) is 0 Å². The summed E-state index contributed by atoms with van der Waals surface area (Å²) in [5, 5.41) is 0. The van der Waals surface area contributed by atoms with Crippen molar-refractivity contribution < 1.29 is 13.2 Å². The molecule has 2 aromatic rings. The molecule has 1 aliphatic carbocycles. The van der Waals surface area contributed by atoms with E-state index in [2.05, 4.69) is 16.9 Å². The Labute approximate surface area is 179 Å². The molecular weight excluding hydrogens is 396 g/mol. The highest BCUT2D eigenvalue weighted by Gasteiger charge is 2.28. The Kier molecular flexibility index (Phi) is 6.25. The van der Waals surface area contributed by atoms with Gasteiger partial charge >= 0.3 is 0 Å². The lowest BCUT2D eigenvalue weighted by Crippen LogP contribution is -2.32. The standard InChI is InChI=1S/C24H30N2O3S/c1-18(27)26-15-14-21-16-22(12-13-24(21)26)30(28,29)25-17-23(19-8-4-2-5-9-19)20-10-6-3-7-11-20/h2,4-5,8-9,12-13,16,20,23,25H,3,6-7,10-11,14-15,17H2,1H3. The first-order valence-corrected chi connectivity index (χ1v) is 12.4. The summed E-state index contributed by atoms with van der Waals surface area (Å²) in [5.74, 6) is 0.678. The van der Waals surface area contributed by atoms with Crippen molar-refractivity contribution in [1.29, 1.82) is 0 Å². The minimum Gasteiger partial charge on any atom is -0.312 e. The molecule has 1 saturated carbocycles. The molecule has 1 amide bonds. The molecule has 0 spiro atoms. The number of sulfonamides is 1. The SMILES string of the molecule is CC(=O)N1CCc2cc(S(=O)(=O)NCC(c3ccccc3)C3CCCCC3)ccc21. The van der Waals surface area contributed by atoms with Gasteiger partial charge in [0.2, 0.25) is 15.9 Å². The molecule has 0 radical (unpaired) electrons. The first-order chi connectivity index (χ1) is 14.5. The van der Waals surface area contributed by atoms with E-state index in [0.717, 1.165) is 24.1 Å². The number of nitrogens with zero attached hydrogens (tertiary/aromatic N) is 1. The summed E-state index contributed by atoms with van der Waals surface area (Å²) in [4.78, 5) is 13.7. The van der Waals surface area contributed by atoms with Crippen molar-refractivity contribution in [2.45, 2.75) is 56.3 Å². The van der Waals surface area contributed by atoms with Crippen LogP contribution < -0.4 is 9.62 Å². The molecule has 160 valence electrons. The fourth-order valence-corrected chi connectivity index (χ4v) is 6.06. The van der Waals surface area contributed by atoms with E-state index in [4.69, 9.17) is 0 Å². The lowest BCUT2D eigenvalue weighted by Gasteiger charge is -2.31. The number of fused-ring (bicyclic) bond motifs is 1. The number of benzene rings is 2. The third-order valence-corrected chi connectivity index (χ3v) is 8.00. The number of anilines is 1. The number of carbonyl (C=O) groups excluding carboxylic acids is 1. The molecule has 1 N–H and O–H groups in total. The fourth-order valence-electron chi connectivity index (χ4n) is 4.95. The summed E-state index contributed by atoms with van der Waals surface area (Å²) in [6, 6.07) is 15.4. The number of carbonyl (C=O) groups is 1. The van der Waals surface area contributed by atoms with Crippen molar-refractivity contribution >= 4 is 21.6 Å². The maximum atomic E-state index is 13.1. The summed E-state index contributed by atoms with van der Waals surface area (Å²) in [6.45, 7) is 2.56. The van der Waals surface area contributed by atoms with Gasteiger partial charge in [0.05, 0.1) is 4.90 Å². The van der Waals surface area contributed by atoms with E-state index in [1.165, 1.54) is 31.7 Å². The number of nitrogens with one attached hydrogen (secondary N) is 1. The normalized spacial score (nSPS) is 18.2. The molecule has 30 heavy (non-hydrogen) atoms. The molecule has 1 aliphatic heterocycles. The fraction of sp³-hybridized carbons (Fsp3) is 0.458. The van der Waals surface area contributed by atoms with Crippen molar-refractivity contribution in [3.63, 3.8) is 0 Å². The zero-order valence-electron chi connectivity index (χ0n) is 17.5. The Hall–Kier alpha value is -2.18. The Morgan fingerprint density at radius 1 is 1.10 bits per heavy atom. The maximum Gasteiger partial charge on any atom is 0.240 e. The van der Waals surface area contributed by atoms with Crippen LogP contribution in [0.5, 0.6) is 0 Å². The van der Waals surface area contributed by atoms with Crippen molar-refractivity contribution in [2.24, 2.45) is 5.92 Å². The monoisotopic (exact) mass is 426 g/mol. The lowest BCUT2D eigenvalue weighted by molar-refractivity contribution is -0.116. The highest BCUT2D eigenvalue weighted by atomic mass is 32.2. The second kappa shape index (κ2) is 8.90. The van der Waals surface area contributed by atoms with Gasteiger partial charge in [-0.3, -0.25) is 4.79 Å². The number of rotatable bonds is 6. The average molecular weight is 427 g/mol. The van der Waals surface area contributed by atoms with Crippen LogP contribution in [-0.4, -0.2) is 27.4 Å². The van der Waals surface area contributed by atoms with Gasteiger partial charge in [0.25, 0.3) is 0 Å². The summed E-state index contributed by atoms with van der Waals surface area (Å²) >= 11 is 0. The smallest absolute Gasteiger partial charge is 0.240 e. The summed E-state index contributed by atoms with van der Waals surface area (Å²) in [6.07, 6.45) is 6.71. The van der Waals surface area contributed by atoms with Crippen LogP contribution in [0.2, 0.25) is 0 Å². The van der Waals surface area contributed by atoms with Crippen LogP contribution in [0.25, 0.3) is 0 Å². The molecule has 0 bridgehead atoms. The number of hydrogen-bond donors (Lipinski definition) is 1. The van der Waals surface area contributed by atoms with E-state index in [9.17, 15) is 13.2 Å². The van der Waals surface area contributed by atoms with Gasteiger partial charge in [-0.15, -0.1) is 0 Å². The van der Waals surface area contributed by atoms with E-state index in [0.29, 0.717) is 25.4 Å². The van der Waals surface area contributed by atoms with Gasteiger partial charge in [0, 0.05) is 31.6 Å². The molecule has 1 fully saturated rings. The van der Waals surface area contributed by atoms with Crippen molar-refractivity contribution in [3.8, 4) is 0 Å². The Morgan fingerprint density at radius 2 is 1.83 bits per heavy atom. The van der Waals surface area contributed by atoms with Gasteiger partial charge in [-0.25, -0.2) is 13.1 Å². The topological polar surface area (TPSA) is 66.5 Å². The number of hydrogen-bond acceptors (Lipinski definition) is 3. The van der Waals surface area contributed by atoms with E-state index in [-0.39, 0.29) is 16.7 Å². The Morgan fingerprint density at radius 3 is 2.53 bits per heavy atom. The zero-order valence-corrected chi connectivity index (χ0v) is 18.3. The summed E-state index contributed by atoms with van der Waals surface area (Å²) in [5.41, 5.74) is 2.95. The van der Waals surface area contributed by atoms with E-state index in [1.54, 1.807) is 23.1 Å². The van der Waals surface area contributed by atoms with E-state index >= 15 is 0 Å². The quantitative estimate of drug-likeness (QED) is 0.751. The average Bonchev–Trinajstić information content (AvgIpc) is 3.19. The maximum absolute atomic E-state index is 13.1. The second-order valence-corrected chi connectivity index (χ2v) is 10.2. The Bertz CT molecular complexity index is 998. The first kappa shape index (κ1) is 21.1. The molecular formula is C24H30N2O3S. The van der Waals surface area contributed by atoms with E-state index < -0.39 is 10.0 Å². The van der Waals surface area contributed by atoms with Crippen LogP contribution in [0.1, 0.15) is 56.1 Å². The summed E-state index contributed by atoms with van der Waals surface area (Å²) < 4.78 is 29.0. The van der Waals surface area contributed by atoms with Crippen LogP contribution in [0.15, 0.2) is 53.4 Å². The van der Waals surface area contributed by atoms with Gasteiger partial charge in [0.15, 0.2) is 0 Å². The van der Waals surface area contributed by atoms with Crippen LogP contribution in [0.3, 0.4) is 0 Å². The summed E-state index contributed by atoms with van der Waals surface area (Å²) in [7, 11) is -3.61. The molecule has 1 unspecified atom stereocenters. The van der Waals surface area contributed by atoms with Crippen LogP contribution in [-0.2, 0) is 21.2 Å². The first-order valence-electron chi connectivity index (χ1n) is 10.9. The van der Waals surface area contributed by atoms with Crippen LogP contribution >= 0.6 is 0 Å². The van der Waals surface area contributed by atoms with Crippen molar-refractivity contribution in [1.82, 2.24) is 4.72 Å². The molecule has 5 nitrogen and oxygen atoms in total. The lowest BCUT2D eigenvalue weighted by atomic mass is 9.77. The minimum absolute atomic E-state index is 0.0133. The largest absolute Gasteiger partial charge is 0.312 e. The van der Waals surface area contributed by atoms with Crippen LogP contribution in [0.4, 0.5) is 5.69 Å². The third kappa shape index (κ3) is 4.44. The predicted molar refractivity (Wildman–Crippen MR) is 119 cm³/mol. The molecule has 1 atom stereocenters. The second-order valence-electron chi connectivity index (χ2n) is 8.48. The van der Waals surface area contributed by atoms with Crippen molar-refractivity contribution in [2.75, 3.05) is 18.0 Å².